The zero-order valence-electron chi connectivity index (χ0n) is 30.6. The van der Waals surface area contributed by atoms with Crippen molar-refractivity contribution in [3.05, 3.63) is 0 Å². The van der Waals surface area contributed by atoms with Gasteiger partial charge in [-0.2, -0.15) is 0 Å². The first-order valence-corrected chi connectivity index (χ1v) is 17.7. The second-order valence-electron chi connectivity index (χ2n) is 15.3. The van der Waals surface area contributed by atoms with E-state index in [1.807, 2.05) is 39.8 Å². The monoisotopic (exact) mass is 687 g/mol. The Morgan fingerprint density at radius 2 is 1.44 bits per heavy atom. The third-order valence-corrected chi connectivity index (χ3v) is 11.4. The number of Topliss-reactive ketones (excluding diaryl/α,β-unsaturated/α-hetero) is 1. The lowest BCUT2D eigenvalue weighted by Gasteiger charge is -2.46. The van der Waals surface area contributed by atoms with Crippen molar-refractivity contribution >= 4 is 11.8 Å². The minimum atomic E-state index is -1.10. The highest BCUT2D eigenvalue weighted by atomic mass is 16.7. The molecular formula is C35H61NO12. The number of carbonyl (C=O) groups is 2. The Labute approximate surface area is 285 Å². The molecule has 48 heavy (non-hydrogen) atoms. The molecule has 0 aromatic carbocycles. The molecule has 0 aromatic heterocycles. The molecule has 0 unspecified atom stereocenters. The van der Waals surface area contributed by atoms with E-state index in [4.69, 9.17) is 33.2 Å². The van der Waals surface area contributed by atoms with Crippen LogP contribution in [-0.4, -0.2) is 139 Å². The van der Waals surface area contributed by atoms with Crippen molar-refractivity contribution in [2.45, 2.75) is 154 Å². The van der Waals surface area contributed by atoms with E-state index in [-0.39, 0.29) is 43.3 Å². The van der Waals surface area contributed by atoms with Crippen molar-refractivity contribution in [2.75, 3.05) is 27.8 Å². The summed E-state index contributed by atoms with van der Waals surface area (Å²) in [5.41, 5.74) is -1.10. The number of aliphatic hydroxyl groups is 3. The van der Waals surface area contributed by atoms with Crippen molar-refractivity contribution in [3.63, 3.8) is 0 Å². The second kappa shape index (κ2) is 16.0. The lowest BCUT2D eigenvalue weighted by Crippen LogP contribution is -2.57. The molecule has 0 radical (unpaired) electrons. The summed E-state index contributed by atoms with van der Waals surface area (Å²) in [6.45, 7) is 14.6. The number of carbonyl (C=O) groups excluding carboxylic acids is 2. The molecule has 0 aliphatic carbocycles. The topological polar surface area (TPSA) is 166 Å². The summed E-state index contributed by atoms with van der Waals surface area (Å²) in [4.78, 5) is 29.7. The molecule has 0 aromatic rings. The lowest BCUT2D eigenvalue weighted by molar-refractivity contribution is -0.299. The molecule has 0 saturated carbocycles. The van der Waals surface area contributed by atoms with E-state index >= 15 is 0 Å². The van der Waals surface area contributed by atoms with E-state index < -0.39 is 96.7 Å². The molecule has 13 nitrogen and oxygen atoms in total. The molecule has 4 saturated heterocycles. The Balaban J connectivity index is 1.75. The molecule has 3 N–H and O–H groups in total. The third-order valence-electron chi connectivity index (χ3n) is 11.4. The van der Waals surface area contributed by atoms with Crippen molar-refractivity contribution in [1.29, 1.82) is 0 Å². The number of rotatable bonds is 6. The van der Waals surface area contributed by atoms with E-state index in [0.29, 0.717) is 6.42 Å². The highest BCUT2D eigenvalue weighted by Gasteiger charge is 2.57. The average molecular weight is 688 g/mol. The molecule has 4 aliphatic heterocycles. The van der Waals surface area contributed by atoms with Crippen LogP contribution in [0.5, 0.6) is 0 Å². The molecule has 18 atom stereocenters. The van der Waals surface area contributed by atoms with Crippen LogP contribution in [0.4, 0.5) is 0 Å². The maximum absolute atomic E-state index is 13.9. The van der Waals surface area contributed by atoms with Gasteiger partial charge in [0.1, 0.15) is 18.3 Å². The zero-order valence-corrected chi connectivity index (χ0v) is 30.6. The quantitative estimate of drug-likeness (QED) is 0.274. The number of nitrogens with zero attached hydrogens (tertiary/aromatic N) is 1. The molecular weight excluding hydrogens is 626 g/mol. The predicted octanol–water partition coefficient (Wildman–Crippen LogP) is 1.91. The van der Waals surface area contributed by atoms with E-state index in [0.717, 1.165) is 0 Å². The third kappa shape index (κ3) is 8.43. The summed E-state index contributed by atoms with van der Waals surface area (Å²) < 4.78 is 43.0. The number of cyclic esters (lactones) is 1. The first-order valence-electron chi connectivity index (χ1n) is 17.7. The van der Waals surface area contributed by atoms with E-state index in [1.54, 1.807) is 34.6 Å². The molecule has 0 amide bonds. The summed E-state index contributed by atoms with van der Waals surface area (Å²) >= 11 is 0. The second-order valence-corrected chi connectivity index (χ2v) is 15.3. The molecule has 4 fully saturated rings. The van der Waals surface area contributed by atoms with Gasteiger partial charge in [-0.3, -0.25) is 9.59 Å². The number of ether oxygens (including phenoxy) is 7. The predicted molar refractivity (Wildman–Crippen MR) is 174 cm³/mol. The van der Waals surface area contributed by atoms with Gasteiger partial charge in [0, 0.05) is 37.3 Å². The van der Waals surface area contributed by atoms with Gasteiger partial charge in [0.2, 0.25) is 0 Å². The highest BCUT2D eigenvalue weighted by Crippen LogP contribution is 2.43. The molecule has 1 spiro atoms. The van der Waals surface area contributed by atoms with Gasteiger partial charge in [0.25, 0.3) is 0 Å². The lowest BCUT2D eigenvalue weighted by atomic mass is 9.76. The van der Waals surface area contributed by atoms with Crippen LogP contribution in [0.15, 0.2) is 0 Å². The van der Waals surface area contributed by atoms with E-state index in [2.05, 4.69) is 0 Å². The number of hydrogen-bond donors (Lipinski definition) is 3. The van der Waals surface area contributed by atoms with Crippen LogP contribution in [0, 0.1) is 29.6 Å². The maximum Gasteiger partial charge on any atom is 0.311 e. The Bertz CT molecular complexity index is 1090. The Hall–Kier alpha value is -1.26. The van der Waals surface area contributed by atoms with Gasteiger partial charge in [-0.25, -0.2) is 0 Å². The molecule has 4 aliphatic rings. The van der Waals surface area contributed by atoms with Crippen LogP contribution in [0.2, 0.25) is 0 Å². The summed E-state index contributed by atoms with van der Waals surface area (Å²) in [6, 6.07) is -0.219. The number of esters is 1. The van der Waals surface area contributed by atoms with Crippen molar-refractivity contribution in [3.8, 4) is 0 Å². The molecule has 0 bridgehead atoms. The Morgan fingerprint density at radius 1 is 0.792 bits per heavy atom. The summed E-state index contributed by atoms with van der Waals surface area (Å²) in [6.07, 6.45) is -7.15. The van der Waals surface area contributed by atoms with Crippen molar-refractivity contribution < 1.29 is 58.1 Å². The first-order chi connectivity index (χ1) is 22.4. The van der Waals surface area contributed by atoms with Gasteiger partial charge in [-0.15, -0.1) is 0 Å². The fourth-order valence-corrected chi connectivity index (χ4v) is 7.89. The molecule has 278 valence electrons. The Morgan fingerprint density at radius 3 is 2.02 bits per heavy atom. The van der Waals surface area contributed by atoms with E-state index in [1.165, 1.54) is 7.11 Å². The van der Waals surface area contributed by atoms with E-state index in [9.17, 15) is 24.9 Å². The fraction of sp³-hybridized carbons (Fsp3) is 0.943. The van der Waals surface area contributed by atoms with Crippen LogP contribution in [-0.2, 0) is 42.7 Å². The minimum absolute atomic E-state index is 0.198. The molecule has 13 heteroatoms. The van der Waals surface area contributed by atoms with Gasteiger partial charge in [-0.1, -0.05) is 27.7 Å². The summed E-state index contributed by atoms with van der Waals surface area (Å²) in [7, 11) is 5.32. The van der Waals surface area contributed by atoms with Gasteiger partial charge < -0.3 is 53.4 Å². The normalized spacial score (nSPS) is 49.9. The number of epoxide rings is 1. The number of ketones is 1. The SMILES string of the molecule is CO[C@H]1C[C@H](O[C@H]2[C@H](C)[C@@H](O[C@@H]3O[C@H](C)C[C@H](N(C)C)[C@H]3O)[C@@H](C)C[C@]3(CO3)C(=O)[C@H](C)[C@@H](O)[C@@H](C)[C@H](C)OC(=O)[C@@H]2C)O[C@@H](C)[C@@H]1O. The summed E-state index contributed by atoms with van der Waals surface area (Å²) in [5.74, 6) is -3.74. The van der Waals surface area contributed by atoms with Gasteiger partial charge in [-0.05, 0) is 60.5 Å². The molecule has 4 rings (SSSR count). The van der Waals surface area contributed by atoms with Crippen molar-refractivity contribution in [1.82, 2.24) is 4.90 Å². The molecule has 4 heterocycles. The van der Waals surface area contributed by atoms with Crippen LogP contribution in [0.3, 0.4) is 0 Å². The standard InChI is InChI=1S/C35H61NO12/c1-16-14-35(15-43-35)32(40)19(4)27(37)18(3)22(7)46-33(41)21(6)31(47-26-13-25(42-11)28(38)23(8)45-26)20(5)30(16)48-34-29(39)24(36(9)10)12-17(2)44-34/h16-31,34,37-39H,12-15H2,1-11H3/t16-,17+,18-,19+,20+,21+,22-,23-,24-,25-,26-,27-,28-,29+,30-,31-,34-,35-/m0/s1. The van der Waals surface area contributed by atoms with Gasteiger partial charge >= 0.3 is 5.97 Å². The minimum Gasteiger partial charge on any atom is -0.462 e. The smallest absolute Gasteiger partial charge is 0.311 e. The first kappa shape index (κ1) is 39.5. The largest absolute Gasteiger partial charge is 0.462 e. The number of likely N-dealkylation sites (N-methyl/N-ethyl adjacent to an activating group) is 1. The highest BCUT2D eigenvalue weighted by molar-refractivity contribution is 5.92. The van der Waals surface area contributed by atoms with Crippen molar-refractivity contribution in [2.24, 2.45) is 29.6 Å². The number of hydrogen-bond acceptors (Lipinski definition) is 13. The van der Waals surface area contributed by atoms with Gasteiger partial charge in [0.05, 0.1) is 49.1 Å². The Kier molecular flexibility index (Phi) is 13.1. The maximum atomic E-state index is 13.9. The zero-order chi connectivity index (χ0) is 35.8. The average Bonchev–Trinajstić information content (AvgIpc) is 3.82. The number of aliphatic hydroxyl groups excluding tert-OH is 3. The number of methoxy groups -OCH3 is 1. The van der Waals surface area contributed by atoms with Crippen LogP contribution < -0.4 is 0 Å². The summed E-state index contributed by atoms with van der Waals surface area (Å²) in [5, 5.41) is 33.3. The van der Waals surface area contributed by atoms with Gasteiger partial charge in [0.15, 0.2) is 24.0 Å². The van der Waals surface area contributed by atoms with Crippen LogP contribution in [0.25, 0.3) is 0 Å². The fourth-order valence-electron chi connectivity index (χ4n) is 7.89. The van der Waals surface area contributed by atoms with Crippen LogP contribution in [0.1, 0.15) is 74.7 Å². The van der Waals surface area contributed by atoms with Crippen LogP contribution >= 0.6 is 0 Å².